The predicted octanol–water partition coefficient (Wildman–Crippen LogP) is 3.93. The molecule has 20 heavy (non-hydrogen) atoms. The number of rotatable bonds is 2. The Balaban J connectivity index is 1.98. The number of fused-ring (bicyclic) bond motifs is 1. The number of nitriles is 1. The van der Waals surface area contributed by atoms with Crippen molar-refractivity contribution in [2.45, 2.75) is 32.6 Å². The minimum atomic E-state index is 0.429. The van der Waals surface area contributed by atoms with E-state index in [1.807, 2.05) is 37.3 Å². The number of aryl methyl sites for hydroxylation is 3. The van der Waals surface area contributed by atoms with Crippen LogP contribution in [0.3, 0.4) is 0 Å². The second-order valence-electron chi connectivity index (χ2n) is 5.18. The van der Waals surface area contributed by atoms with Crippen molar-refractivity contribution in [1.82, 2.24) is 4.98 Å². The van der Waals surface area contributed by atoms with E-state index < -0.39 is 0 Å². The van der Waals surface area contributed by atoms with E-state index in [-0.39, 0.29) is 0 Å². The van der Waals surface area contributed by atoms with Crippen molar-refractivity contribution < 1.29 is 4.74 Å². The van der Waals surface area contributed by atoms with E-state index in [1.54, 1.807) is 0 Å². The van der Waals surface area contributed by atoms with Crippen LogP contribution in [0.25, 0.3) is 0 Å². The summed E-state index contributed by atoms with van der Waals surface area (Å²) in [6.07, 6.45) is 4.33. The molecule has 3 nitrogen and oxygen atoms in total. The smallest absolute Gasteiger partial charge is 0.237 e. The lowest BCUT2D eigenvalue weighted by Gasteiger charge is -2.16. The number of hydrogen-bond acceptors (Lipinski definition) is 3. The highest BCUT2D eigenvalue weighted by molar-refractivity contribution is 5.45. The van der Waals surface area contributed by atoms with Gasteiger partial charge in [-0.15, -0.1) is 0 Å². The zero-order valence-corrected chi connectivity index (χ0v) is 11.5. The third-order valence-electron chi connectivity index (χ3n) is 3.59. The van der Waals surface area contributed by atoms with Crippen molar-refractivity contribution >= 4 is 0 Å². The number of pyridine rings is 1. The summed E-state index contributed by atoms with van der Waals surface area (Å²) in [5.41, 5.74) is 3.92. The van der Waals surface area contributed by atoms with Crippen LogP contribution in [0.5, 0.6) is 11.6 Å². The summed E-state index contributed by atoms with van der Waals surface area (Å²) >= 11 is 0. The second kappa shape index (κ2) is 5.34. The van der Waals surface area contributed by atoms with E-state index in [0.29, 0.717) is 11.4 Å². The first-order chi connectivity index (χ1) is 9.76. The average molecular weight is 264 g/mol. The Morgan fingerprint density at radius 2 is 2.05 bits per heavy atom. The van der Waals surface area contributed by atoms with Crippen LogP contribution in [-0.2, 0) is 12.8 Å². The quantitative estimate of drug-likeness (QED) is 0.825. The maximum Gasteiger partial charge on any atom is 0.237 e. The summed E-state index contributed by atoms with van der Waals surface area (Å²) < 4.78 is 5.81. The summed E-state index contributed by atoms with van der Waals surface area (Å²) in [5.74, 6) is 1.16. The highest BCUT2D eigenvalue weighted by Gasteiger charge is 2.16. The summed E-state index contributed by atoms with van der Waals surface area (Å²) in [6, 6.07) is 11.9. The first-order valence-electron chi connectivity index (χ1n) is 6.93. The molecule has 0 saturated carbocycles. The van der Waals surface area contributed by atoms with Gasteiger partial charge in [0.1, 0.15) is 17.4 Å². The third-order valence-corrected chi connectivity index (χ3v) is 3.59. The van der Waals surface area contributed by atoms with Gasteiger partial charge in [0.2, 0.25) is 5.88 Å². The van der Waals surface area contributed by atoms with Gasteiger partial charge in [0.15, 0.2) is 0 Å². The van der Waals surface area contributed by atoms with Gasteiger partial charge in [0.25, 0.3) is 0 Å². The number of nitrogens with zero attached hydrogens (tertiary/aromatic N) is 2. The Labute approximate surface area is 118 Å². The van der Waals surface area contributed by atoms with Gasteiger partial charge in [-0.2, -0.15) is 5.26 Å². The van der Waals surface area contributed by atoms with Gasteiger partial charge >= 0.3 is 0 Å². The summed E-state index contributed by atoms with van der Waals surface area (Å²) in [7, 11) is 0. The molecule has 0 atom stereocenters. The largest absolute Gasteiger partial charge is 0.438 e. The van der Waals surface area contributed by atoms with Crippen LogP contribution in [0.2, 0.25) is 0 Å². The molecule has 0 N–H and O–H groups in total. The number of hydrogen-bond donors (Lipinski definition) is 0. The molecule has 1 aromatic heterocycles. The maximum absolute atomic E-state index is 9.28. The third kappa shape index (κ3) is 2.50. The van der Waals surface area contributed by atoms with Gasteiger partial charge in [-0.25, -0.2) is 4.98 Å². The summed E-state index contributed by atoms with van der Waals surface area (Å²) in [6.45, 7) is 2.01. The van der Waals surface area contributed by atoms with Crippen molar-refractivity contribution in [2.75, 3.05) is 0 Å². The molecule has 1 aliphatic carbocycles. The lowest BCUT2D eigenvalue weighted by molar-refractivity contribution is 0.456. The first-order valence-corrected chi connectivity index (χ1v) is 6.93. The molecular formula is C17H16N2O. The molecule has 1 aliphatic rings. The number of aromatic nitrogens is 1. The molecule has 1 heterocycles. The van der Waals surface area contributed by atoms with Gasteiger partial charge in [0, 0.05) is 5.69 Å². The van der Waals surface area contributed by atoms with Crippen molar-refractivity contribution in [3.8, 4) is 17.7 Å². The highest BCUT2D eigenvalue weighted by Crippen LogP contribution is 2.28. The Bertz CT molecular complexity index is 686. The Morgan fingerprint density at radius 3 is 2.85 bits per heavy atom. The first kappa shape index (κ1) is 12.7. The molecule has 0 radical (unpaired) electrons. The Morgan fingerprint density at radius 1 is 1.20 bits per heavy atom. The molecule has 0 fully saturated rings. The van der Waals surface area contributed by atoms with Crippen molar-refractivity contribution in [3.05, 3.63) is 52.7 Å². The molecule has 1 aromatic carbocycles. The number of benzene rings is 1. The fourth-order valence-corrected chi connectivity index (χ4v) is 2.56. The topological polar surface area (TPSA) is 45.9 Å². The molecule has 0 unspecified atom stereocenters. The normalized spacial score (nSPS) is 13.4. The summed E-state index contributed by atoms with van der Waals surface area (Å²) in [5, 5.41) is 9.28. The van der Waals surface area contributed by atoms with E-state index in [0.717, 1.165) is 36.3 Å². The maximum atomic E-state index is 9.28. The Kier molecular flexibility index (Phi) is 3.39. The molecule has 0 amide bonds. The van der Waals surface area contributed by atoms with Gasteiger partial charge in [0.05, 0.1) is 0 Å². The molecule has 2 aromatic rings. The molecule has 0 spiro atoms. The van der Waals surface area contributed by atoms with E-state index in [1.165, 1.54) is 12.0 Å². The monoisotopic (exact) mass is 264 g/mol. The fraction of sp³-hybridized carbons (Fsp3) is 0.294. The van der Waals surface area contributed by atoms with Crippen LogP contribution >= 0.6 is 0 Å². The molecular weight excluding hydrogens is 248 g/mol. The Hall–Kier alpha value is -2.34. The lowest BCUT2D eigenvalue weighted by atomic mass is 9.95. The lowest BCUT2D eigenvalue weighted by Crippen LogP contribution is -2.07. The van der Waals surface area contributed by atoms with E-state index >= 15 is 0 Å². The standard InChI is InChI=1S/C17H16N2O/c1-12-5-4-7-15(9-12)20-17-14(11-18)10-13-6-2-3-8-16(13)19-17/h4-5,7,9-10H,2-3,6,8H2,1H3. The molecule has 0 aliphatic heterocycles. The van der Waals surface area contributed by atoms with Gasteiger partial charge < -0.3 is 4.74 Å². The average Bonchev–Trinajstić information content (AvgIpc) is 2.46. The van der Waals surface area contributed by atoms with Gasteiger partial charge in [-0.3, -0.25) is 0 Å². The van der Waals surface area contributed by atoms with Crippen molar-refractivity contribution in [1.29, 1.82) is 5.26 Å². The van der Waals surface area contributed by atoms with E-state index in [2.05, 4.69) is 11.1 Å². The van der Waals surface area contributed by atoms with Crippen LogP contribution in [0, 0.1) is 18.3 Å². The van der Waals surface area contributed by atoms with E-state index in [4.69, 9.17) is 4.74 Å². The summed E-state index contributed by atoms with van der Waals surface area (Å²) in [4.78, 5) is 4.56. The van der Waals surface area contributed by atoms with Crippen LogP contribution < -0.4 is 4.74 Å². The molecule has 100 valence electrons. The van der Waals surface area contributed by atoms with Gasteiger partial charge in [-0.1, -0.05) is 12.1 Å². The van der Waals surface area contributed by atoms with Crippen LogP contribution in [0.15, 0.2) is 30.3 Å². The van der Waals surface area contributed by atoms with Crippen LogP contribution in [0.4, 0.5) is 0 Å². The zero-order chi connectivity index (χ0) is 13.9. The second-order valence-corrected chi connectivity index (χ2v) is 5.18. The number of ether oxygens (including phenoxy) is 1. The molecule has 0 saturated heterocycles. The molecule has 0 bridgehead atoms. The van der Waals surface area contributed by atoms with Crippen molar-refractivity contribution in [3.63, 3.8) is 0 Å². The minimum absolute atomic E-state index is 0.429. The van der Waals surface area contributed by atoms with E-state index in [9.17, 15) is 5.26 Å². The van der Waals surface area contributed by atoms with Crippen LogP contribution in [-0.4, -0.2) is 4.98 Å². The zero-order valence-electron chi connectivity index (χ0n) is 11.5. The highest BCUT2D eigenvalue weighted by atomic mass is 16.5. The van der Waals surface area contributed by atoms with Crippen LogP contribution in [0.1, 0.15) is 35.2 Å². The molecule has 3 heteroatoms. The SMILES string of the molecule is Cc1cccc(Oc2nc3c(cc2C#N)CCCC3)c1. The molecule has 3 rings (SSSR count). The fourth-order valence-electron chi connectivity index (χ4n) is 2.56. The minimum Gasteiger partial charge on any atom is -0.438 e. The predicted molar refractivity (Wildman–Crippen MR) is 76.8 cm³/mol. The van der Waals surface area contributed by atoms with Crippen molar-refractivity contribution in [2.24, 2.45) is 0 Å². The van der Waals surface area contributed by atoms with Gasteiger partial charge in [-0.05, 0) is 61.9 Å².